The number of carbonyl (C=O) groups excluding carboxylic acids is 2. The van der Waals surface area contributed by atoms with Crippen molar-refractivity contribution in [2.24, 2.45) is 0 Å². The van der Waals surface area contributed by atoms with Crippen molar-refractivity contribution in [3.05, 3.63) is 54.4 Å². The summed E-state index contributed by atoms with van der Waals surface area (Å²) in [5.41, 5.74) is 1.85. The van der Waals surface area contributed by atoms with Gasteiger partial charge < -0.3 is 15.0 Å². The zero-order valence-corrected chi connectivity index (χ0v) is 16.6. The van der Waals surface area contributed by atoms with Crippen LogP contribution in [0.15, 0.2) is 48.8 Å². The fraction of sp³-hybridized carbons (Fsp3) is 0.409. The molecule has 148 valence electrons. The lowest BCUT2D eigenvalue weighted by atomic mass is 9.95. The number of pyridine rings is 1. The van der Waals surface area contributed by atoms with Gasteiger partial charge in [0.25, 0.3) is 0 Å². The van der Waals surface area contributed by atoms with Gasteiger partial charge in [0, 0.05) is 31.0 Å². The van der Waals surface area contributed by atoms with Crippen LogP contribution in [0.25, 0.3) is 11.1 Å². The molecule has 1 saturated heterocycles. The van der Waals surface area contributed by atoms with Gasteiger partial charge >= 0.3 is 6.09 Å². The molecule has 1 aromatic carbocycles. The van der Waals surface area contributed by atoms with Crippen LogP contribution in [0.1, 0.15) is 45.2 Å². The number of rotatable bonds is 4. The molecule has 1 aliphatic heterocycles. The summed E-state index contributed by atoms with van der Waals surface area (Å²) in [6, 6.07) is 10.6. The summed E-state index contributed by atoms with van der Waals surface area (Å²) in [5, 5.41) is 2.80. The molecular formula is C22H27N3O3. The molecule has 2 aromatic rings. The second kappa shape index (κ2) is 8.42. The lowest BCUT2D eigenvalue weighted by Crippen LogP contribution is -2.43. The number of aromatic nitrogens is 1. The lowest BCUT2D eigenvalue weighted by Gasteiger charge is -2.27. The number of amides is 2. The van der Waals surface area contributed by atoms with Crippen molar-refractivity contribution in [1.29, 1.82) is 0 Å². The van der Waals surface area contributed by atoms with Gasteiger partial charge in [0.15, 0.2) is 0 Å². The predicted octanol–water partition coefficient (Wildman–Crippen LogP) is 3.94. The predicted molar refractivity (Wildman–Crippen MR) is 108 cm³/mol. The van der Waals surface area contributed by atoms with E-state index in [-0.39, 0.29) is 5.91 Å². The zero-order chi connectivity index (χ0) is 20.1. The van der Waals surface area contributed by atoms with Gasteiger partial charge in [-0.15, -0.1) is 0 Å². The second-order valence-electron chi connectivity index (χ2n) is 7.94. The molecule has 6 nitrogen and oxygen atoms in total. The normalized spacial score (nSPS) is 15.2. The molecule has 1 aromatic heterocycles. The summed E-state index contributed by atoms with van der Waals surface area (Å²) < 4.78 is 5.41. The van der Waals surface area contributed by atoms with E-state index in [1.54, 1.807) is 33.2 Å². The number of nitrogens with one attached hydrogen (secondary N) is 1. The van der Waals surface area contributed by atoms with Crippen LogP contribution in [0.4, 0.5) is 4.79 Å². The quantitative estimate of drug-likeness (QED) is 0.871. The van der Waals surface area contributed by atoms with Crippen LogP contribution in [0.2, 0.25) is 0 Å². The Morgan fingerprint density at radius 3 is 2.46 bits per heavy atom. The van der Waals surface area contributed by atoms with E-state index in [9.17, 15) is 9.59 Å². The van der Waals surface area contributed by atoms with Gasteiger partial charge in [-0.2, -0.15) is 0 Å². The standard InChI is InChI=1S/C22H27N3O3/c1-22(2,3)28-21(27)24-19(20(26)25-13-6-7-14-25)18-11-5-4-10-17(18)16-9-8-12-23-15-16/h4-5,8-12,15,19H,6-7,13-14H2,1-3H3,(H,24,27). The summed E-state index contributed by atoms with van der Waals surface area (Å²) in [7, 11) is 0. The Hall–Kier alpha value is -2.89. The highest BCUT2D eigenvalue weighted by Crippen LogP contribution is 2.30. The first-order valence-corrected chi connectivity index (χ1v) is 9.63. The number of hydrogen-bond acceptors (Lipinski definition) is 4. The Morgan fingerprint density at radius 2 is 1.82 bits per heavy atom. The maximum absolute atomic E-state index is 13.3. The van der Waals surface area contributed by atoms with Crippen molar-refractivity contribution in [3.8, 4) is 11.1 Å². The molecule has 28 heavy (non-hydrogen) atoms. The summed E-state index contributed by atoms with van der Waals surface area (Å²) in [4.78, 5) is 31.8. The average Bonchev–Trinajstić information content (AvgIpc) is 3.20. The topological polar surface area (TPSA) is 71.5 Å². The zero-order valence-electron chi connectivity index (χ0n) is 16.6. The second-order valence-corrected chi connectivity index (χ2v) is 7.94. The first kappa shape index (κ1) is 19.9. The maximum Gasteiger partial charge on any atom is 0.408 e. The minimum absolute atomic E-state index is 0.111. The highest BCUT2D eigenvalue weighted by atomic mass is 16.6. The number of carbonyl (C=O) groups is 2. The fourth-order valence-electron chi connectivity index (χ4n) is 3.35. The van der Waals surface area contributed by atoms with Crippen LogP contribution in [0.3, 0.4) is 0 Å². The molecule has 0 radical (unpaired) electrons. The van der Waals surface area contributed by atoms with Gasteiger partial charge in [0.1, 0.15) is 11.6 Å². The van der Waals surface area contributed by atoms with Gasteiger partial charge in [0.05, 0.1) is 0 Å². The number of hydrogen-bond donors (Lipinski definition) is 1. The van der Waals surface area contributed by atoms with E-state index < -0.39 is 17.7 Å². The van der Waals surface area contributed by atoms with Crippen LogP contribution in [0, 0.1) is 0 Å². The first-order valence-electron chi connectivity index (χ1n) is 9.63. The number of likely N-dealkylation sites (tertiary alicyclic amines) is 1. The first-order chi connectivity index (χ1) is 13.3. The number of benzene rings is 1. The van der Waals surface area contributed by atoms with E-state index in [2.05, 4.69) is 10.3 Å². The monoisotopic (exact) mass is 381 g/mol. The Labute approximate surface area is 165 Å². The molecule has 0 saturated carbocycles. The average molecular weight is 381 g/mol. The molecule has 1 atom stereocenters. The molecule has 2 heterocycles. The van der Waals surface area contributed by atoms with Crippen molar-refractivity contribution >= 4 is 12.0 Å². The number of alkyl carbamates (subject to hydrolysis) is 1. The Bertz CT molecular complexity index is 824. The molecule has 1 unspecified atom stereocenters. The van der Waals surface area contributed by atoms with Crippen molar-refractivity contribution in [2.75, 3.05) is 13.1 Å². The number of ether oxygens (including phenoxy) is 1. The molecule has 1 aliphatic rings. The Morgan fingerprint density at radius 1 is 1.11 bits per heavy atom. The lowest BCUT2D eigenvalue weighted by molar-refractivity contribution is -0.132. The van der Waals surface area contributed by atoms with Crippen molar-refractivity contribution < 1.29 is 14.3 Å². The molecule has 1 fully saturated rings. The number of nitrogens with zero attached hydrogens (tertiary/aromatic N) is 2. The maximum atomic E-state index is 13.3. The van der Waals surface area contributed by atoms with E-state index in [0.29, 0.717) is 13.1 Å². The molecule has 3 rings (SSSR count). The summed E-state index contributed by atoms with van der Waals surface area (Å²) in [6.45, 7) is 6.81. The summed E-state index contributed by atoms with van der Waals surface area (Å²) in [6.07, 6.45) is 4.82. The minimum Gasteiger partial charge on any atom is -0.444 e. The third kappa shape index (κ3) is 4.88. The molecule has 0 bridgehead atoms. The van der Waals surface area contributed by atoms with Crippen LogP contribution >= 0.6 is 0 Å². The Balaban J connectivity index is 1.97. The third-order valence-corrected chi connectivity index (χ3v) is 4.57. The molecule has 1 N–H and O–H groups in total. The van der Waals surface area contributed by atoms with E-state index in [0.717, 1.165) is 29.5 Å². The SMILES string of the molecule is CC(C)(C)OC(=O)NC(C(=O)N1CCCC1)c1ccccc1-c1cccnc1. The fourth-order valence-corrected chi connectivity index (χ4v) is 3.35. The summed E-state index contributed by atoms with van der Waals surface area (Å²) in [5.74, 6) is -0.111. The van der Waals surface area contributed by atoms with E-state index in [4.69, 9.17) is 4.74 Å². The molecule has 6 heteroatoms. The van der Waals surface area contributed by atoms with Gasteiger partial charge in [-0.25, -0.2) is 4.79 Å². The van der Waals surface area contributed by atoms with E-state index >= 15 is 0 Å². The largest absolute Gasteiger partial charge is 0.444 e. The van der Waals surface area contributed by atoms with E-state index in [1.165, 1.54) is 0 Å². The van der Waals surface area contributed by atoms with Crippen LogP contribution in [0.5, 0.6) is 0 Å². The van der Waals surface area contributed by atoms with Crippen molar-refractivity contribution in [3.63, 3.8) is 0 Å². The van der Waals surface area contributed by atoms with E-state index in [1.807, 2.05) is 41.3 Å². The molecule has 2 amide bonds. The van der Waals surface area contributed by atoms with Gasteiger partial charge in [0.2, 0.25) is 5.91 Å². The smallest absolute Gasteiger partial charge is 0.408 e. The van der Waals surface area contributed by atoms with Gasteiger partial charge in [-0.05, 0) is 50.8 Å². The van der Waals surface area contributed by atoms with Crippen LogP contribution in [-0.2, 0) is 9.53 Å². The Kier molecular flexibility index (Phi) is 5.97. The van der Waals surface area contributed by atoms with Gasteiger partial charge in [-0.3, -0.25) is 9.78 Å². The van der Waals surface area contributed by atoms with Crippen molar-refractivity contribution in [1.82, 2.24) is 15.2 Å². The summed E-state index contributed by atoms with van der Waals surface area (Å²) >= 11 is 0. The third-order valence-electron chi connectivity index (χ3n) is 4.57. The highest BCUT2D eigenvalue weighted by molar-refractivity contribution is 5.89. The van der Waals surface area contributed by atoms with Crippen molar-refractivity contribution in [2.45, 2.75) is 45.3 Å². The van der Waals surface area contributed by atoms with Gasteiger partial charge in [-0.1, -0.05) is 30.3 Å². The highest BCUT2D eigenvalue weighted by Gasteiger charge is 2.32. The van der Waals surface area contributed by atoms with Crippen LogP contribution < -0.4 is 5.32 Å². The molecule has 0 spiro atoms. The molecule has 0 aliphatic carbocycles. The van der Waals surface area contributed by atoms with Crippen LogP contribution in [-0.4, -0.2) is 40.6 Å². The minimum atomic E-state index is -0.815. The molecular weight excluding hydrogens is 354 g/mol.